The topological polar surface area (TPSA) is 64.6 Å². The predicted octanol–water partition coefficient (Wildman–Crippen LogP) is 3.07. The summed E-state index contributed by atoms with van der Waals surface area (Å²) < 4.78 is 33.7. The van der Waals surface area contributed by atoms with E-state index in [1.807, 2.05) is 5.38 Å². The predicted molar refractivity (Wildman–Crippen MR) is 80.7 cm³/mol. The van der Waals surface area contributed by atoms with Crippen LogP contribution in [0.15, 0.2) is 41.1 Å². The Kier molecular flexibility index (Phi) is 6.04. The van der Waals surface area contributed by atoms with E-state index in [4.69, 9.17) is 4.74 Å². The van der Waals surface area contributed by atoms with Gasteiger partial charge in [-0.15, -0.1) is 0 Å². The van der Waals surface area contributed by atoms with E-state index in [9.17, 15) is 18.4 Å². The molecule has 0 aliphatic rings. The van der Waals surface area contributed by atoms with Crippen LogP contribution >= 0.6 is 11.3 Å². The highest BCUT2D eigenvalue weighted by atomic mass is 32.1. The van der Waals surface area contributed by atoms with E-state index in [1.165, 1.54) is 29.5 Å². The lowest BCUT2D eigenvalue weighted by Crippen LogP contribution is -2.22. The summed E-state index contributed by atoms with van der Waals surface area (Å²) in [5.41, 5.74) is 0.878. The molecule has 0 bridgehead atoms. The van der Waals surface area contributed by atoms with Gasteiger partial charge in [-0.3, -0.25) is 9.59 Å². The van der Waals surface area contributed by atoms with Gasteiger partial charge in [0.05, 0.1) is 12.1 Å². The fourth-order valence-electron chi connectivity index (χ4n) is 1.71. The van der Waals surface area contributed by atoms with E-state index < -0.39 is 25.1 Å². The monoisotopic (exact) mass is 341 g/mol. The minimum atomic E-state index is -3.00. The largest absolute Gasteiger partial charge is 0.455 e. The van der Waals surface area contributed by atoms with E-state index >= 15 is 0 Å². The van der Waals surface area contributed by atoms with Crippen molar-refractivity contribution < 1.29 is 27.8 Å². The highest BCUT2D eigenvalue weighted by molar-refractivity contribution is 7.07. The number of ether oxygens (including phenoxy) is 2. The van der Waals surface area contributed by atoms with Gasteiger partial charge in [0.2, 0.25) is 0 Å². The first-order chi connectivity index (χ1) is 11.0. The Labute approximate surface area is 134 Å². The lowest BCUT2D eigenvalue weighted by molar-refractivity contribution is -0.146. The molecule has 1 aromatic carbocycles. The molecule has 1 N–H and O–H groups in total. The average Bonchev–Trinajstić information content (AvgIpc) is 2.99. The molecule has 2 aromatic rings. The summed E-state index contributed by atoms with van der Waals surface area (Å²) in [5, 5.41) is 5.99. The van der Waals surface area contributed by atoms with Gasteiger partial charge >= 0.3 is 12.6 Å². The maximum Gasteiger partial charge on any atom is 0.387 e. The van der Waals surface area contributed by atoms with Crippen molar-refractivity contribution in [2.75, 3.05) is 11.9 Å². The first-order valence-electron chi connectivity index (χ1n) is 6.55. The van der Waals surface area contributed by atoms with Gasteiger partial charge in [0.15, 0.2) is 6.61 Å². The molecule has 8 heteroatoms. The van der Waals surface area contributed by atoms with Crippen molar-refractivity contribution in [3.63, 3.8) is 0 Å². The number of thiophene rings is 1. The second-order valence-electron chi connectivity index (χ2n) is 4.39. The Hall–Kier alpha value is -2.48. The van der Waals surface area contributed by atoms with Gasteiger partial charge in [-0.25, -0.2) is 0 Å². The molecule has 23 heavy (non-hydrogen) atoms. The van der Waals surface area contributed by atoms with E-state index in [0.717, 1.165) is 5.56 Å². The van der Waals surface area contributed by atoms with Crippen molar-refractivity contribution >= 4 is 28.9 Å². The summed E-state index contributed by atoms with van der Waals surface area (Å²) in [7, 11) is 0. The first kappa shape index (κ1) is 16.9. The van der Waals surface area contributed by atoms with Gasteiger partial charge in [-0.05, 0) is 34.5 Å². The SMILES string of the molecule is O=C(COC(=O)Cc1ccsc1)Nc1ccccc1OC(F)F. The Morgan fingerprint density at radius 1 is 1.22 bits per heavy atom. The number of hydrogen-bond acceptors (Lipinski definition) is 5. The van der Waals surface area contributed by atoms with E-state index in [-0.39, 0.29) is 17.9 Å². The zero-order valence-electron chi connectivity index (χ0n) is 11.8. The lowest BCUT2D eigenvalue weighted by atomic mass is 10.2. The molecule has 1 heterocycles. The number of carbonyl (C=O) groups is 2. The average molecular weight is 341 g/mol. The van der Waals surface area contributed by atoms with Crippen LogP contribution in [0.5, 0.6) is 5.75 Å². The van der Waals surface area contributed by atoms with Crippen LogP contribution in [-0.2, 0) is 20.7 Å². The number of benzene rings is 1. The smallest absolute Gasteiger partial charge is 0.387 e. The molecule has 1 amide bonds. The number of halogens is 2. The Bertz CT molecular complexity index is 661. The van der Waals surface area contributed by atoms with Crippen LogP contribution in [-0.4, -0.2) is 25.1 Å². The molecule has 0 aliphatic carbocycles. The number of anilines is 1. The Morgan fingerprint density at radius 2 is 2.00 bits per heavy atom. The third-order valence-electron chi connectivity index (χ3n) is 2.67. The normalized spacial score (nSPS) is 10.4. The molecule has 0 atom stereocenters. The van der Waals surface area contributed by atoms with Crippen molar-refractivity contribution in [2.24, 2.45) is 0 Å². The van der Waals surface area contributed by atoms with Crippen LogP contribution in [0.2, 0.25) is 0 Å². The lowest BCUT2D eigenvalue weighted by Gasteiger charge is -2.11. The van der Waals surface area contributed by atoms with Crippen molar-refractivity contribution in [3.8, 4) is 5.75 Å². The first-order valence-corrected chi connectivity index (χ1v) is 7.49. The van der Waals surface area contributed by atoms with Crippen LogP contribution in [0.1, 0.15) is 5.56 Å². The summed E-state index contributed by atoms with van der Waals surface area (Å²) in [6, 6.07) is 7.53. The summed E-state index contributed by atoms with van der Waals surface area (Å²) in [4.78, 5) is 23.3. The van der Waals surface area contributed by atoms with E-state index in [0.29, 0.717) is 0 Å². The molecular weight excluding hydrogens is 328 g/mol. The number of alkyl halides is 2. The second kappa shape index (κ2) is 8.23. The Balaban J connectivity index is 1.84. The van der Waals surface area contributed by atoms with Crippen LogP contribution < -0.4 is 10.1 Å². The maximum absolute atomic E-state index is 12.3. The molecular formula is C15H13F2NO4S. The molecule has 0 radical (unpaired) electrons. The molecule has 0 saturated heterocycles. The van der Waals surface area contributed by atoms with Crippen molar-refractivity contribution in [3.05, 3.63) is 46.7 Å². The van der Waals surface area contributed by atoms with Crippen LogP contribution in [0.25, 0.3) is 0 Å². The highest BCUT2D eigenvalue weighted by Gasteiger charge is 2.13. The third kappa shape index (κ3) is 5.67. The molecule has 0 saturated carbocycles. The van der Waals surface area contributed by atoms with Crippen molar-refractivity contribution in [1.29, 1.82) is 0 Å². The number of amides is 1. The minimum absolute atomic E-state index is 0.0713. The molecule has 0 unspecified atom stereocenters. The Morgan fingerprint density at radius 3 is 2.70 bits per heavy atom. The minimum Gasteiger partial charge on any atom is -0.455 e. The van der Waals surface area contributed by atoms with Crippen LogP contribution in [0, 0.1) is 0 Å². The number of para-hydroxylation sites is 2. The molecule has 2 rings (SSSR count). The second-order valence-corrected chi connectivity index (χ2v) is 5.17. The zero-order valence-corrected chi connectivity index (χ0v) is 12.6. The van der Waals surface area contributed by atoms with E-state index in [1.54, 1.807) is 17.5 Å². The quantitative estimate of drug-likeness (QED) is 0.786. The molecule has 0 fully saturated rings. The van der Waals surface area contributed by atoms with Gasteiger partial charge in [0.25, 0.3) is 5.91 Å². The van der Waals surface area contributed by atoms with Gasteiger partial charge in [0, 0.05) is 0 Å². The van der Waals surface area contributed by atoms with E-state index in [2.05, 4.69) is 10.1 Å². The third-order valence-corrected chi connectivity index (χ3v) is 3.40. The van der Waals surface area contributed by atoms with Gasteiger partial charge in [-0.1, -0.05) is 12.1 Å². The number of esters is 1. The number of hydrogen-bond donors (Lipinski definition) is 1. The van der Waals surface area contributed by atoms with Gasteiger partial charge in [-0.2, -0.15) is 20.1 Å². The molecule has 5 nitrogen and oxygen atoms in total. The summed E-state index contributed by atoms with van der Waals surface area (Å²) in [5.74, 6) is -1.36. The molecule has 122 valence electrons. The van der Waals surface area contributed by atoms with Crippen molar-refractivity contribution in [1.82, 2.24) is 0 Å². The fraction of sp³-hybridized carbons (Fsp3) is 0.200. The fourth-order valence-corrected chi connectivity index (χ4v) is 2.38. The molecule has 0 aliphatic heterocycles. The van der Waals surface area contributed by atoms with Crippen LogP contribution in [0.3, 0.4) is 0 Å². The molecule has 1 aromatic heterocycles. The van der Waals surface area contributed by atoms with Crippen LogP contribution in [0.4, 0.5) is 14.5 Å². The van der Waals surface area contributed by atoms with Gasteiger partial charge in [0.1, 0.15) is 5.75 Å². The maximum atomic E-state index is 12.3. The number of rotatable bonds is 7. The standard InChI is InChI=1S/C15H13F2NO4S/c16-15(17)22-12-4-2-1-3-11(12)18-13(19)8-21-14(20)7-10-5-6-23-9-10/h1-6,9,15H,7-8H2,(H,18,19). The number of carbonyl (C=O) groups excluding carboxylic acids is 2. The number of nitrogens with one attached hydrogen (secondary N) is 1. The summed E-state index contributed by atoms with van der Waals surface area (Å²) in [6.07, 6.45) is 0.0713. The molecule has 0 spiro atoms. The zero-order chi connectivity index (χ0) is 16.7. The van der Waals surface area contributed by atoms with Crippen molar-refractivity contribution in [2.45, 2.75) is 13.0 Å². The summed E-state index contributed by atoms with van der Waals surface area (Å²) in [6.45, 7) is -3.51. The van der Waals surface area contributed by atoms with Gasteiger partial charge < -0.3 is 14.8 Å². The summed E-state index contributed by atoms with van der Waals surface area (Å²) >= 11 is 1.45. The highest BCUT2D eigenvalue weighted by Crippen LogP contribution is 2.25.